The van der Waals surface area contributed by atoms with Crippen molar-refractivity contribution in [1.29, 1.82) is 0 Å². The average Bonchev–Trinajstić information content (AvgIpc) is 2.49. The SMILES string of the molecule is CC(C)Oc1ccc(NC(=O)Nc2ccc(Cl)cc2C(F)(F)F)cc1. The highest BCUT2D eigenvalue weighted by atomic mass is 35.5. The van der Waals surface area contributed by atoms with Crippen LogP contribution in [0, 0.1) is 0 Å². The monoisotopic (exact) mass is 372 g/mol. The molecule has 0 aliphatic rings. The van der Waals surface area contributed by atoms with E-state index in [2.05, 4.69) is 10.6 Å². The smallest absolute Gasteiger partial charge is 0.418 e. The van der Waals surface area contributed by atoms with Gasteiger partial charge in [-0.1, -0.05) is 11.6 Å². The summed E-state index contributed by atoms with van der Waals surface area (Å²) in [6, 6.07) is 8.81. The van der Waals surface area contributed by atoms with Crippen molar-refractivity contribution in [3.8, 4) is 5.75 Å². The van der Waals surface area contributed by atoms with E-state index in [-0.39, 0.29) is 16.8 Å². The lowest BCUT2D eigenvalue weighted by Gasteiger charge is -2.15. The molecule has 0 bridgehead atoms. The normalized spacial score (nSPS) is 11.3. The summed E-state index contributed by atoms with van der Waals surface area (Å²) in [6.07, 6.45) is -4.63. The Morgan fingerprint density at radius 2 is 1.72 bits per heavy atom. The zero-order chi connectivity index (χ0) is 18.6. The van der Waals surface area contributed by atoms with Gasteiger partial charge >= 0.3 is 12.2 Å². The molecule has 0 unspecified atom stereocenters. The first-order chi connectivity index (χ1) is 11.6. The number of carbonyl (C=O) groups is 1. The number of amides is 2. The average molecular weight is 373 g/mol. The lowest BCUT2D eigenvalue weighted by Crippen LogP contribution is -2.21. The lowest BCUT2D eigenvalue weighted by molar-refractivity contribution is -0.136. The maximum atomic E-state index is 13.0. The number of hydrogen-bond donors (Lipinski definition) is 2. The molecule has 25 heavy (non-hydrogen) atoms. The van der Waals surface area contributed by atoms with Crippen LogP contribution in [0.4, 0.5) is 29.3 Å². The Labute approximate surface area is 147 Å². The molecule has 2 aromatic carbocycles. The van der Waals surface area contributed by atoms with Crippen LogP contribution in [0.25, 0.3) is 0 Å². The number of nitrogens with one attached hydrogen (secondary N) is 2. The number of benzene rings is 2. The highest BCUT2D eigenvalue weighted by Gasteiger charge is 2.34. The number of alkyl halides is 3. The third kappa shape index (κ3) is 5.56. The van der Waals surface area contributed by atoms with Gasteiger partial charge in [-0.05, 0) is 56.3 Å². The molecule has 2 aromatic rings. The van der Waals surface area contributed by atoms with Gasteiger partial charge in [0.15, 0.2) is 0 Å². The fourth-order valence-electron chi connectivity index (χ4n) is 2.03. The maximum Gasteiger partial charge on any atom is 0.418 e. The van der Waals surface area contributed by atoms with E-state index in [4.69, 9.17) is 16.3 Å². The second-order valence-corrected chi connectivity index (χ2v) is 5.89. The first-order valence-electron chi connectivity index (χ1n) is 7.36. The van der Waals surface area contributed by atoms with Crippen LogP contribution in [0.2, 0.25) is 5.02 Å². The van der Waals surface area contributed by atoms with E-state index in [9.17, 15) is 18.0 Å². The fourth-order valence-corrected chi connectivity index (χ4v) is 2.21. The summed E-state index contributed by atoms with van der Waals surface area (Å²) < 4.78 is 44.5. The van der Waals surface area contributed by atoms with Gasteiger partial charge in [-0.15, -0.1) is 0 Å². The fraction of sp³-hybridized carbons (Fsp3) is 0.235. The van der Waals surface area contributed by atoms with Crippen molar-refractivity contribution in [3.05, 3.63) is 53.1 Å². The molecule has 8 heteroatoms. The Morgan fingerprint density at radius 1 is 1.08 bits per heavy atom. The van der Waals surface area contributed by atoms with E-state index in [1.165, 1.54) is 6.07 Å². The van der Waals surface area contributed by atoms with Crippen molar-refractivity contribution >= 4 is 29.0 Å². The molecular formula is C17H16ClF3N2O2. The number of anilines is 2. The predicted molar refractivity (Wildman–Crippen MR) is 91.3 cm³/mol. The summed E-state index contributed by atoms with van der Waals surface area (Å²) in [5.41, 5.74) is -0.985. The molecule has 0 aromatic heterocycles. The first-order valence-corrected chi connectivity index (χ1v) is 7.74. The molecular weight excluding hydrogens is 357 g/mol. The van der Waals surface area contributed by atoms with Crippen molar-refractivity contribution in [2.24, 2.45) is 0 Å². The van der Waals surface area contributed by atoms with Gasteiger partial charge < -0.3 is 15.4 Å². The Kier molecular flexibility index (Phi) is 5.79. The van der Waals surface area contributed by atoms with Crippen LogP contribution < -0.4 is 15.4 Å². The molecule has 0 fully saturated rings. The molecule has 4 nitrogen and oxygen atoms in total. The maximum absolute atomic E-state index is 13.0. The Hall–Kier alpha value is -2.41. The van der Waals surface area contributed by atoms with Gasteiger partial charge in [0, 0.05) is 10.7 Å². The summed E-state index contributed by atoms with van der Waals surface area (Å²) in [7, 11) is 0. The minimum Gasteiger partial charge on any atom is -0.491 e. The number of carbonyl (C=O) groups excluding carboxylic acids is 1. The predicted octanol–water partition coefficient (Wildman–Crippen LogP) is 5.79. The van der Waals surface area contributed by atoms with Gasteiger partial charge in [0.25, 0.3) is 0 Å². The number of ether oxygens (including phenoxy) is 1. The second-order valence-electron chi connectivity index (χ2n) is 5.46. The molecule has 0 heterocycles. The first kappa shape index (κ1) is 18.9. The van der Waals surface area contributed by atoms with Crippen LogP contribution in [0.1, 0.15) is 19.4 Å². The minimum absolute atomic E-state index is 0.00722. The van der Waals surface area contributed by atoms with Crippen molar-refractivity contribution < 1.29 is 22.7 Å². The van der Waals surface area contributed by atoms with Gasteiger partial charge in [-0.2, -0.15) is 13.2 Å². The number of hydrogen-bond acceptors (Lipinski definition) is 2. The highest BCUT2D eigenvalue weighted by molar-refractivity contribution is 6.30. The van der Waals surface area contributed by atoms with Crippen molar-refractivity contribution in [3.63, 3.8) is 0 Å². The topological polar surface area (TPSA) is 50.4 Å². The summed E-state index contributed by atoms with van der Waals surface area (Å²) in [5.74, 6) is 0.623. The Morgan fingerprint density at radius 3 is 2.28 bits per heavy atom. The van der Waals surface area contributed by atoms with Gasteiger partial charge in [0.1, 0.15) is 5.75 Å². The summed E-state index contributed by atoms with van der Waals surface area (Å²) >= 11 is 5.60. The van der Waals surface area contributed by atoms with Crippen LogP contribution >= 0.6 is 11.6 Å². The number of halogens is 4. The molecule has 134 valence electrons. The molecule has 0 spiro atoms. The summed E-state index contributed by atoms with van der Waals surface area (Å²) in [6.45, 7) is 3.76. The molecule has 0 atom stereocenters. The van der Waals surface area contributed by atoms with Crippen molar-refractivity contribution in [2.45, 2.75) is 26.1 Å². The highest BCUT2D eigenvalue weighted by Crippen LogP contribution is 2.36. The largest absolute Gasteiger partial charge is 0.491 e. The Bertz CT molecular complexity index is 747. The van der Waals surface area contributed by atoms with Gasteiger partial charge in [-0.3, -0.25) is 0 Å². The molecule has 0 aliphatic heterocycles. The zero-order valence-electron chi connectivity index (χ0n) is 13.4. The molecule has 0 radical (unpaired) electrons. The van der Waals surface area contributed by atoms with Crippen LogP contribution in [0.3, 0.4) is 0 Å². The molecule has 2 rings (SSSR count). The molecule has 2 amide bonds. The Balaban J connectivity index is 2.08. The summed E-state index contributed by atoms with van der Waals surface area (Å²) in [5, 5.41) is 4.57. The zero-order valence-corrected chi connectivity index (χ0v) is 14.2. The van der Waals surface area contributed by atoms with Crippen LogP contribution in [-0.2, 0) is 6.18 Å². The van der Waals surface area contributed by atoms with Gasteiger partial charge in [-0.25, -0.2) is 4.79 Å². The lowest BCUT2D eigenvalue weighted by atomic mass is 10.1. The van der Waals surface area contributed by atoms with Gasteiger partial charge in [0.05, 0.1) is 17.4 Å². The quantitative estimate of drug-likeness (QED) is 0.713. The number of rotatable bonds is 4. The van der Waals surface area contributed by atoms with Crippen molar-refractivity contribution in [1.82, 2.24) is 0 Å². The van der Waals surface area contributed by atoms with E-state index >= 15 is 0 Å². The molecule has 0 saturated heterocycles. The van der Waals surface area contributed by atoms with Crippen LogP contribution in [-0.4, -0.2) is 12.1 Å². The van der Waals surface area contributed by atoms with E-state index in [1.54, 1.807) is 24.3 Å². The summed E-state index contributed by atoms with van der Waals surface area (Å²) in [4.78, 5) is 12.0. The minimum atomic E-state index is -4.64. The third-order valence-corrected chi connectivity index (χ3v) is 3.25. The van der Waals surface area contributed by atoms with E-state index < -0.39 is 17.8 Å². The van der Waals surface area contributed by atoms with Crippen LogP contribution in [0.15, 0.2) is 42.5 Å². The van der Waals surface area contributed by atoms with Crippen molar-refractivity contribution in [2.75, 3.05) is 10.6 Å². The van der Waals surface area contributed by atoms with E-state index in [1.807, 2.05) is 13.8 Å². The van der Waals surface area contributed by atoms with E-state index in [0.29, 0.717) is 11.4 Å². The standard InChI is InChI=1S/C17H16ClF3N2O2/c1-10(2)25-13-6-4-12(5-7-13)22-16(24)23-15-8-3-11(18)9-14(15)17(19,20)21/h3-10H,1-2H3,(H2,22,23,24). The second kappa shape index (κ2) is 7.65. The molecule has 0 saturated carbocycles. The molecule has 0 aliphatic carbocycles. The van der Waals surface area contributed by atoms with E-state index in [0.717, 1.165) is 12.1 Å². The van der Waals surface area contributed by atoms with Crippen LogP contribution in [0.5, 0.6) is 5.75 Å². The number of urea groups is 1. The third-order valence-electron chi connectivity index (χ3n) is 3.02. The molecule has 2 N–H and O–H groups in total. The van der Waals surface area contributed by atoms with Gasteiger partial charge in [0.2, 0.25) is 0 Å².